The standard InChI is InChI=1S/C29H33FN6O3/c1-28(2,31)26(38)34-22(12-18-15-32-21-7-5-4-6-20(18)21)25(37)23-14-29(13-17-8-10-19(30)11-9-17)24(16-33-23)35-36(3)27(29)39/h4-11,15,22-23,32-33H,12-14,16,31H2,1-3H3,(H,34,38)/t22-,23?,29?/m1/s1. The number of aromatic amines is 1. The summed E-state index contributed by atoms with van der Waals surface area (Å²) in [5.41, 5.74) is 7.05. The Bertz CT molecular complexity index is 1460. The number of ketones is 1. The summed E-state index contributed by atoms with van der Waals surface area (Å²) in [6, 6.07) is 12.2. The van der Waals surface area contributed by atoms with Gasteiger partial charge in [-0.1, -0.05) is 30.3 Å². The molecule has 3 heterocycles. The van der Waals surface area contributed by atoms with E-state index in [9.17, 15) is 18.8 Å². The van der Waals surface area contributed by atoms with Crippen molar-refractivity contribution in [1.29, 1.82) is 0 Å². The highest BCUT2D eigenvalue weighted by Crippen LogP contribution is 2.40. The fourth-order valence-corrected chi connectivity index (χ4v) is 5.54. The van der Waals surface area contributed by atoms with Gasteiger partial charge in [-0.3, -0.25) is 14.4 Å². The number of nitrogens with zero attached hydrogens (tertiary/aromatic N) is 2. The van der Waals surface area contributed by atoms with Crippen LogP contribution in [0.3, 0.4) is 0 Å². The van der Waals surface area contributed by atoms with E-state index < -0.39 is 28.9 Å². The number of rotatable bonds is 8. The van der Waals surface area contributed by atoms with Gasteiger partial charge in [0, 0.05) is 37.1 Å². The number of halogens is 1. The normalized spacial score (nSPS) is 22.0. The molecule has 5 N–H and O–H groups in total. The van der Waals surface area contributed by atoms with E-state index in [2.05, 4.69) is 20.7 Å². The Labute approximate surface area is 226 Å². The second-order valence-corrected chi connectivity index (χ2v) is 11.1. The van der Waals surface area contributed by atoms with E-state index in [1.165, 1.54) is 17.1 Å². The summed E-state index contributed by atoms with van der Waals surface area (Å²) in [6.07, 6.45) is 2.55. The molecule has 2 aliphatic rings. The molecule has 2 aliphatic heterocycles. The Morgan fingerprint density at radius 3 is 2.67 bits per heavy atom. The molecule has 5 rings (SSSR count). The van der Waals surface area contributed by atoms with Crippen LogP contribution in [-0.2, 0) is 27.2 Å². The van der Waals surface area contributed by atoms with Crippen molar-refractivity contribution in [3.63, 3.8) is 0 Å². The number of Topliss-reactive ketones (excluding diaryl/α,β-unsaturated/α-hetero) is 1. The predicted octanol–water partition coefficient (Wildman–Crippen LogP) is 2.06. The lowest BCUT2D eigenvalue weighted by Crippen LogP contribution is -2.61. The summed E-state index contributed by atoms with van der Waals surface area (Å²) in [4.78, 5) is 43.7. The molecule has 2 aromatic carbocycles. The minimum absolute atomic E-state index is 0.164. The molecule has 10 heteroatoms. The number of carbonyl (C=O) groups is 3. The largest absolute Gasteiger partial charge is 0.361 e. The Kier molecular flexibility index (Phi) is 6.86. The fourth-order valence-electron chi connectivity index (χ4n) is 5.54. The molecule has 1 saturated heterocycles. The van der Waals surface area contributed by atoms with Crippen LogP contribution in [0, 0.1) is 11.2 Å². The molecule has 39 heavy (non-hydrogen) atoms. The molecule has 9 nitrogen and oxygen atoms in total. The number of para-hydroxylation sites is 1. The van der Waals surface area contributed by atoms with Gasteiger partial charge < -0.3 is 21.4 Å². The van der Waals surface area contributed by atoms with Gasteiger partial charge in [0.15, 0.2) is 5.78 Å². The predicted molar refractivity (Wildman–Crippen MR) is 146 cm³/mol. The Morgan fingerprint density at radius 1 is 1.23 bits per heavy atom. The highest BCUT2D eigenvalue weighted by atomic mass is 19.1. The first-order valence-corrected chi connectivity index (χ1v) is 13.0. The number of fused-ring (bicyclic) bond motifs is 2. The van der Waals surface area contributed by atoms with Crippen LogP contribution in [0.1, 0.15) is 31.4 Å². The summed E-state index contributed by atoms with van der Waals surface area (Å²) < 4.78 is 13.6. The molecule has 3 aromatic rings. The van der Waals surface area contributed by atoms with Crippen LogP contribution in [0.25, 0.3) is 10.9 Å². The van der Waals surface area contributed by atoms with Crippen molar-refractivity contribution in [3.8, 4) is 0 Å². The van der Waals surface area contributed by atoms with Gasteiger partial charge in [-0.05, 0) is 56.0 Å². The number of nitrogens with two attached hydrogens (primary N) is 1. The van der Waals surface area contributed by atoms with Crippen LogP contribution in [0.2, 0.25) is 0 Å². The molecule has 0 spiro atoms. The maximum atomic E-state index is 14.1. The first-order valence-electron chi connectivity index (χ1n) is 13.0. The van der Waals surface area contributed by atoms with Crippen molar-refractivity contribution >= 4 is 34.2 Å². The van der Waals surface area contributed by atoms with Crippen LogP contribution in [0.5, 0.6) is 0 Å². The molecular formula is C29H33FN6O3. The minimum atomic E-state index is -1.19. The lowest BCUT2D eigenvalue weighted by atomic mass is 9.69. The molecule has 0 saturated carbocycles. The maximum absolute atomic E-state index is 14.1. The number of hydrazone groups is 1. The summed E-state index contributed by atoms with van der Waals surface area (Å²) in [5.74, 6) is -1.26. The molecule has 0 aliphatic carbocycles. The molecule has 1 fully saturated rings. The molecule has 1 aromatic heterocycles. The average molecular weight is 533 g/mol. The summed E-state index contributed by atoms with van der Waals surface area (Å²) in [7, 11) is 1.60. The zero-order chi connectivity index (χ0) is 27.9. The van der Waals surface area contributed by atoms with E-state index in [0.717, 1.165) is 22.0 Å². The summed E-state index contributed by atoms with van der Waals surface area (Å²) in [6.45, 7) is 3.41. The van der Waals surface area contributed by atoms with Gasteiger partial charge in [-0.15, -0.1) is 0 Å². The SMILES string of the molecule is CN1N=C2CNC(C(=O)[C@@H](Cc3c[nH]c4ccccc34)NC(=O)C(C)(C)N)CC2(Cc2ccc(F)cc2)C1=O. The summed E-state index contributed by atoms with van der Waals surface area (Å²) in [5, 5.41) is 12.9. The number of nitrogens with one attached hydrogen (secondary N) is 3. The van der Waals surface area contributed by atoms with E-state index in [4.69, 9.17) is 5.73 Å². The van der Waals surface area contributed by atoms with Crippen LogP contribution < -0.4 is 16.4 Å². The third kappa shape index (κ3) is 5.09. The third-order valence-electron chi connectivity index (χ3n) is 7.69. The molecular weight excluding hydrogens is 499 g/mol. The number of H-pyrrole nitrogens is 1. The first kappa shape index (κ1) is 26.7. The number of aromatic nitrogens is 1. The smallest absolute Gasteiger partial charge is 0.254 e. The van der Waals surface area contributed by atoms with Gasteiger partial charge in [0.25, 0.3) is 5.91 Å². The average Bonchev–Trinajstić information content (AvgIpc) is 3.42. The van der Waals surface area contributed by atoms with Crippen molar-refractivity contribution < 1.29 is 18.8 Å². The number of carbonyl (C=O) groups excluding carboxylic acids is 3. The third-order valence-corrected chi connectivity index (χ3v) is 7.69. The quantitative estimate of drug-likeness (QED) is 0.353. The molecule has 204 valence electrons. The second-order valence-electron chi connectivity index (χ2n) is 11.1. The molecule has 0 radical (unpaired) electrons. The Morgan fingerprint density at radius 2 is 1.95 bits per heavy atom. The maximum Gasteiger partial charge on any atom is 0.254 e. The van der Waals surface area contributed by atoms with Crippen LogP contribution in [0.15, 0.2) is 59.8 Å². The van der Waals surface area contributed by atoms with Crippen molar-refractivity contribution in [1.82, 2.24) is 20.6 Å². The topological polar surface area (TPSA) is 133 Å². The van der Waals surface area contributed by atoms with Crippen molar-refractivity contribution in [2.45, 2.75) is 50.7 Å². The number of hydrogen-bond acceptors (Lipinski definition) is 6. The Hall–Kier alpha value is -3.89. The number of amides is 2. The van der Waals surface area contributed by atoms with Crippen molar-refractivity contribution in [2.24, 2.45) is 16.3 Å². The van der Waals surface area contributed by atoms with Gasteiger partial charge in [0.1, 0.15) is 5.82 Å². The molecule has 2 unspecified atom stereocenters. The number of piperidine rings is 1. The fraction of sp³-hybridized carbons (Fsp3) is 0.379. The van der Waals surface area contributed by atoms with Crippen LogP contribution in [-0.4, -0.2) is 64.5 Å². The second kappa shape index (κ2) is 10.0. The van der Waals surface area contributed by atoms with Gasteiger partial charge in [-0.25, -0.2) is 9.40 Å². The molecule has 2 amide bonds. The monoisotopic (exact) mass is 532 g/mol. The zero-order valence-corrected chi connectivity index (χ0v) is 22.3. The van der Waals surface area contributed by atoms with Crippen molar-refractivity contribution in [3.05, 3.63) is 71.7 Å². The van der Waals surface area contributed by atoms with Gasteiger partial charge in [-0.2, -0.15) is 5.10 Å². The zero-order valence-electron chi connectivity index (χ0n) is 22.3. The van der Waals surface area contributed by atoms with E-state index in [-0.39, 0.29) is 43.3 Å². The van der Waals surface area contributed by atoms with Gasteiger partial charge >= 0.3 is 0 Å². The van der Waals surface area contributed by atoms with Gasteiger partial charge in [0.05, 0.1) is 28.7 Å². The summed E-state index contributed by atoms with van der Waals surface area (Å²) >= 11 is 0. The first-order chi connectivity index (χ1) is 18.5. The van der Waals surface area contributed by atoms with Gasteiger partial charge in [0.2, 0.25) is 5.91 Å². The van der Waals surface area contributed by atoms with E-state index in [1.807, 2.05) is 30.5 Å². The number of hydrogen-bond donors (Lipinski definition) is 4. The van der Waals surface area contributed by atoms with Crippen LogP contribution in [0.4, 0.5) is 4.39 Å². The molecule has 0 bridgehead atoms. The van der Waals surface area contributed by atoms with Crippen LogP contribution >= 0.6 is 0 Å². The van der Waals surface area contributed by atoms with E-state index >= 15 is 0 Å². The molecule has 3 atom stereocenters. The minimum Gasteiger partial charge on any atom is -0.361 e. The highest BCUT2D eigenvalue weighted by Gasteiger charge is 2.54. The lowest BCUT2D eigenvalue weighted by molar-refractivity contribution is -0.137. The lowest BCUT2D eigenvalue weighted by Gasteiger charge is -2.38. The Balaban J connectivity index is 1.45. The van der Waals surface area contributed by atoms with E-state index in [0.29, 0.717) is 5.71 Å². The highest BCUT2D eigenvalue weighted by molar-refractivity contribution is 6.14. The number of benzene rings is 2. The van der Waals surface area contributed by atoms with E-state index in [1.54, 1.807) is 33.0 Å². The van der Waals surface area contributed by atoms with Crippen molar-refractivity contribution in [2.75, 3.05) is 13.6 Å².